The highest BCUT2D eigenvalue weighted by Gasteiger charge is 2.07. The first-order valence-corrected chi connectivity index (χ1v) is 7.47. The van der Waals surface area contributed by atoms with Crippen LogP contribution < -0.4 is 10.2 Å². The van der Waals surface area contributed by atoms with E-state index in [2.05, 4.69) is 81.4 Å². The minimum absolute atomic E-state index is 0.465. The van der Waals surface area contributed by atoms with Crippen molar-refractivity contribution >= 4 is 11.5 Å². The van der Waals surface area contributed by atoms with Crippen LogP contribution >= 0.6 is 0 Å². The zero-order valence-corrected chi connectivity index (χ0v) is 13.6. The van der Waals surface area contributed by atoms with E-state index in [1.807, 2.05) is 0 Å². The number of rotatable bonds is 5. The smallest absolute Gasteiger partial charge is 0.133 e. The van der Waals surface area contributed by atoms with E-state index in [-0.39, 0.29) is 0 Å². The zero-order valence-electron chi connectivity index (χ0n) is 13.6. The third-order valence-corrected chi connectivity index (χ3v) is 3.42. The number of aromatic nitrogens is 1. The molecule has 0 fully saturated rings. The van der Waals surface area contributed by atoms with Crippen molar-refractivity contribution in [2.75, 3.05) is 11.9 Å². The molecule has 21 heavy (non-hydrogen) atoms. The van der Waals surface area contributed by atoms with Crippen LogP contribution in [0.3, 0.4) is 0 Å². The number of hydrogen-bond acceptors (Lipinski definition) is 3. The summed E-state index contributed by atoms with van der Waals surface area (Å²) in [5, 5.41) is 3.40. The Bertz CT molecular complexity index is 585. The normalized spacial score (nSPS) is 11.0. The lowest BCUT2D eigenvalue weighted by Gasteiger charge is -2.20. The van der Waals surface area contributed by atoms with Gasteiger partial charge in [0.05, 0.1) is 5.69 Å². The summed E-state index contributed by atoms with van der Waals surface area (Å²) in [5.74, 6) is 0.975. The van der Waals surface area contributed by atoms with Crippen LogP contribution in [0.15, 0.2) is 36.4 Å². The van der Waals surface area contributed by atoms with Gasteiger partial charge in [0.1, 0.15) is 5.82 Å². The molecule has 1 aromatic carbocycles. The maximum Gasteiger partial charge on any atom is 0.133 e. The summed E-state index contributed by atoms with van der Waals surface area (Å²) in [4.78, 5) is 6.88. The molecule has 1 aromatic heterocycles. The molecule has 2 aromatic rings. The largest absolute Gasteiger partial charge is 0.329 e. The molecule has 1 N–H and O–H groups in total. The quantitative estimate of drug-likeness (QED) is 0.900. The first-order chi connectivity index (χ1) is 9.95. The Hall–Kier alpha value is -1.87. The molecule has 1 heterocycles. The van der Waals surface area contributed by atoms with Crippen molar-refractivity contribution < 1.29 is 0 Å². The zero-order chi connectivity index (χ0) is 15.4. The van der Waals surface area contributed by atoms with Crippen molar-refractivity contribution in [3.63, 3.8) is 0 Å². The van der Waals surface area contributed by atoms with E-state index in [1.165, 1.54) is 16.8 Å². The molecule has 0 aliphatic rings. The standard InChI is InChI=1S/C18H25N3/c1-13(2)19-12-16-7-6-8-18(20-16)21(5)17-10-14(3)9-15(4)11-17/h6-11,13,19H,12H2,1-5H3. The number of benzene rings is 1. The highest BCUT2D eigenvalue weighted by Crippen LogP contribution is 2.24. The Morgan fingerprint density at radius 1 is 1.10 bits per heavy atom. The number of nitrogens with one attached hydrogen (secondary N) is 1. The van der Waals surface area contributed by atoms with Gasteiger partial charge < -0.3 is 10.2 Å². The van der Waals surface area contributed by atoms with Crippen molar-refractivity contribution in [1.82, 2.24) is 10.3 Å². The number of pyridine rings is 1. The molecule has 0 aliphatic heterocycles. The van der Waals surface area contributed by atoms with Crippen LogP contribution in [-0.4, -0.2) is 18.1 Å². The van der Waals surface area contributed by atoms with E-state index in [0.717, 1.165) is 18.1 Å². The van der Waals surface area contributed by atoms with Crippen molar-refractivity contribution in [1.29, 1.82) is 0 Å². The molecule has 0 saturated carbocycles. The molecule has 0 atom stereocenters. The molecule has 0 aliphatic carbocycles. The van der Waals surface area contributed by atoms with E-state index in [4.69, 9.17) is 4.98 Å². The van der Waals surface area contributed by atoms with Crippen LogP contribution in [-0.2, 0) is 6.54 Å². The third-order valence-electron chi connectivity index (χ3n) is 3.42. The molecule has 0 spiro atoms. The van der Waals surface area contributed by atoms with Crippen molar-refractivity contribution in [3.05, 3.63) is 53.2 Å². The Morgan fingerprint density at radius 3 is 2.38 bits per heavy atom. The highest BCUT2D eigenvalue weighted by atomic mass is 15.2. The van der Waals surface area contributed by atoms with E-state index in [9.17, 15) is 0 Å². The second kappa shape index (κ2) is 6.72. The van der Waals surface area contributed by atoms with Gasteiger partial charge >= 0.3 is 0 Å². The molecule has 0 saturated heterocycles. The van der Waals surface area contributed by atoms with Gasteiger partial charge in [-0.25, -0.2) is 4.98 Å². The molecule has 0 bridgehead atoms. The number of hydrogen-bond donors (Lipinski definition) is 1. The molecule has 0 unspecified atom stereocenters. The molecule has 0 radical (unpaired) electrons. The van der Waals surface area contributed by atoms with Gasteiger partial charge in [-0.15, -0.1) is 0 Å². The average molecular weight is 283 g/mol. The minimum atomic E-state index is 0.465. The van der Waals surface area contributed by atoms with Crippen LogP contribution in [0.25, 0.3) is 0 Å². The van der Waals surface area contributed by atoms with Gasteiger partial charge in [-0.1, -0.05) is 26.0 Å². The molecule has 112 valence electrons. The second-order valence-electron chi connectivity index (χ2n) is 5.93. The maximum atomic E-state index is 4.74. The summed E-state index contributed by atoms with van der Waals surface area (Å²) < 4.78 is 0. The SMILES string of the molecule is Cc1cc(C)cc(N(C)c2cccc(CNC(C)C)n2)c1. The van der Waals surface area contributed by atoms with Gasteiger partial charge in [0, 0.05) is 25.3 Å². The van der Waals surface area contributed by atoms with Crippen LogP contribution in [0.1, 0.15) is 30.7 Å². The number of nitrogens with zero attached hydrogens (tertiary/aromatic N) is 2. The van der Waals surface area contributed by atoms with Gasteiger partial charge in [0.25, 0.3) is 0 Å². The Labute approximate surface area is 128 Å². The van der Waals surface area contributed by atoms with Crippen molar-refractivity contribution in [2.24, 2.45) is 0 Å². The van der Waals surface area contributed by atoms with Gasteiger partial charge in [-0.05, 0) is 49.2 Å². The monoisotopic (exact) mass is 283 g/mol. The number of aryl methyl sites for hydroxylation is 2. The van der Waals surface area contributed by atoms with E-state index < -0.39 is 0 Å². The average Bonchev–Trinajstić information content (AvgIpc) is 2.43. The van der Waals surface area contributed by atoms with Gasteiger partial charge in [-0.3, -0.25) is 0 Å². The van der Waals surface area contributed by atoms with E-state index in [1.54, 1.807) is 0 Å². The first-order valence-electron chi connectivity index (χ1n) is 7.47. The van der Waals surface area contributed by atoms with Crippen LogP contribution in [0.5, 0.6) is 0 Å². The van der Waals surface area contributed by atoms with Crippen molar-refractivity contribution in [3.8, 4) is 0 Å². The molecular formula is C18H25N3. The van der Waals surface area contributed by atoms with E-state index in [0.29, 0.717) is 6.04 Å². The first kappa shape index (κ1) is 15.5. The lowest BCUT2D eigenvalue weighted by molar-refractivity contribution is 0.581. The van der Waals surface area contributed by atoms with Crippen LogP contribution in [0, 0.1) is 13.8 Å². The fourth-order valence-electron chi connectivity index (χ4n) is 2.34. The summed E-state index contributed by atoms with van der Waals surface area (Å²) >= 11 is 0. The molecular weight excluding hydrogens is 258 g/mol. The predicted molar refractivity (Wildman–Crippen MR) is 90.2 cm³/mol. The lowest BCUT2D eigenvalue weighted by Crippen LogP contribution is -2.23. The van der Waals surface area contributed by atoms with Crippen LogP contribution in [0.2, 0.25) is 0 Å². The summed E-state index contributed by atoms with van der Waals surface area (Å²) in [6.07, 6.45) is 0. The molecule has 0 amide bonds. The van der Waals surface area contributed by atoms with Gasteiger partial charge in [-0.2, -0.15) is 0 Å². The summed E-state index contributed by atoms with van der Waals surface area (Å²) in [6, 6.07) is 13.2. The van der Waals surface area contributed by atoms with Crippen molar-refractivity contribution in [2.45, 2.75) is 40.3 Å². The molecule has 3 heteroatoms. The second-order valence-corrected chi connectivity index (χ2v) is 5.93. The Balaban J connectivity index is 2.22. The predicted octanol–water partition coefficient (Wildman–Crippen LogP) is 3.96. The third kappa shape index (κ3) is 4.30. The molecule has 3 nitrogen and oxygen atoms in total. The van der Waals surface area contributed by atoms with Crippen LogP contribution in [0.4, 0.5) is 11.5 Å². The minimum Gasteiger partial charge on any atom is -0.329 e. The topological polar surface area (TPSA) is 28.2 Å². The lowest BCUT2D eigenvalue weighted by atomic mass is 10.1. The van der Waals surface area contributed by atoms with Gasteiger partial charge in [0.15, 0.2) is 0 Å². The van der Waals surface area contributed by atoms with E-state index >= 15 is 0 Å². The Morgan fingerprint density at radius 2 is 1.76 bits per heavy atom. The summed E-state index contributed by atoms with van der Waals surface area (Å²) in [6.45, 7) is 9.34. The molecule has 2 rings (SSSR count). The number of anilines is 2. The van der Waals surface area contributed by atoms with Gasteiger partial charge in [0.2, 0.25) is 0 Å². The Kier molecular flexibility index (Phi) is 4.97. The summed E-state index contributed by atoms with van der Waals surface area (Å²) in [7, 11) is 2.07. The highest BCUT2D eigenvalue weighted by molar-refractivity contribution is 5.61. The fourth-order valence-corrected chi connectivity index (χ4v) is 2.34. The maximum absolute atomic E-state index is 4.74. The summed E-state index contributed by atoms with van der Waals surface area (Å²) in [5.41, 5.74) is 4.79. The fraction of sp³-hybridized carbons (Fsp3) is 0.389.